The number of benzene rings is 1. The van der Waals surface area contributed by atoms with E-state index in [-0.39, 0.29) is 0 Å². The molecule has 6 nitrogen and oxygen atoms in total. The highest BCUT2D eigenvalue weighted by Gasteiger charge is 2.11. The van der Waals surface area contributed by atoms with E-state index in [9.17, 15) is 0 Å². The summed E-state index contributed by atoms with van der Waals surface area (Å²) in [5, 5.41) is 3.98. The van der Waals surface area contributed by atoms with Crippen LogP contribution in [0.3, 0.4) is 0 Å². The van der Waals surface area contributed by atoms with Crippen LogP contribution in [0.25, 0.3) is 11.5 Å². The Morgan fingerprint density at radius 2 is 2.10 bits per heavy atom. The third-order valence-corrected chi connectivity index (χ3v) is 3.18. The first-order valence-corrected chi connectivity index (χ1v) is 6.36. The number of hydrogen-bond acceptors (Lipinski definition) is 5. The first-order valence-electron chi connectivity index (χ1n) is 6.36. The first-order chi connectivity index (χ1) is 9.74. The number of aromatic nitrogens is 4. The summed E-state index contributed by atoms with van der Waals surface area (Å²) in [6, 6.07) is 7.80. The van der Waals surface area contributed by atoms with E-state index in [2.05, 4.69) is 15.1 Å². The summed E-state index contributed by atoms with van der Waals surface area (Å²) in [7, 11) is 1.89. The Morgan fingerprint density at radius 1 is 1.25 bits per heavy atom. The topological polar surface area (TPSA) is 82.8 Å². The minimum atomic E-state index is 0.557. The molecule has 1 aromatic carbocycles. The van der Waals surface area contributed by atoms with Crippen LogP contribution in [-0.2, 0) is 19.9 Å². The van der Waals surface area contributed by atoms with Crippen LogP contribution < -0.4 is 5.73 Å². The number of nitrogens with two attached hydrogens (primary N) is 1. The van der Waals surface area contributed by atoms with Gasteiger partial charge in [0, 0.05) is 19.2 Å². The Bertz CT molecular complexity index is 716. The largest absolute Gasteiger partial charge is 0.399 e. The van der Waals surface area contributed by atoms with Gasteiger partial charge in [0.25, 0.3) is 0 Å². The van der Waals surface area contributed by atoms with Gasteiger partial charge in [0.05, 0.1) is 12.5 Å². The number of nitrogens with zero attached hydrogens (tertiary/aromatic N) is 4. The lowest BCUT2D eigenvalue weighted by molar-refractivity contribution is 0.378. The van der Waals surface area contributed by atoms with Gasteiger partial charge in [-0.1, -0.05) is 23.4 Å². The molecule has 2 heterocycles. The van der Waals surface area contributed by atoms with Gasteiger partial charge >= 0.3 is 0 Å². The zero-order valence-corrected chi connectivity index (χ0v) is 11.2. The molecule has 0 radical (unpaired) electrons. The van der Waals surface area contributed by atoms with Crippen molar-refractivity contribution in [1.29, 1.82) is 0 Å². The highest BCUT2D eigenvalue weighted by atomic mass is 16.5. The molecule has 0 amide bonds. The molecule has 3 rings (SSSR count). The van der Waals surface area contributed by atoms with Crippen molar-refractivity contribution < 1.29 is 4.52 Å². The monoisotopic (exact) mass is 269 g/mol. The summed E-state index contributed by atoms with van der Waals surface area (Å²) >= 11 is 0. The van der Waals surface area contributed by atoms with Crippen molar-refractivity contribution in [3.63, 3.8) is 0 Å². The van der Waals surface area contributed by atoms with Crippen LogP contribution in [0.5, 0.6) is 0 Å². The Hall–Kier alpha value is -2.63. The average Bonchev–Trinajstić information content (AvgIpc) is 3.06. The lowest BCUT2D eigenvalue weighted by Crippen LogP contribution is -1.97. The number of anilines is 1. The molecular weight excluding hydrogens is 254 g/mol. The second-order valence-corrected chi connectivity index (χ2v) is 4.60. The maximum atomic E-state index is 5.91. The van der Waals surface area contributed by atoms with Crippen LogP contribution in [0.15, 0.2) is 41.3 Å². The number of hydrogen-bond donors (Lipinski definition) is 1. The Morgan fingerprint density at radius 3 is 2.85 bits per heavy atom. The van der Waals surface area contributed by atoms with E-state index in [1.54, 1.807) is 12.5 Å². The number of imidazole rings is 1. The predicted octanol–water partition coefficient (Wildman–Crippen LogP) is 1.84. The molecule has 6 heteroatoms. The van der Waals surface area contributed by atoms with Crippen LogP contribution in [0.4, 0.5) is 5.69 Å². The summed E-state index contributed by atoms with van der Waals surface area (Å²) in [5.41, 5.74) is 8.62. The molecule has 0 bridgehead atoms. The molecule has 2 aromatic heterocycles. The minimum absolute atomic E-state index is 0.557. The third-order valence-electron chi connectivity index (χ3n) is 3.18. The second kappa shape index (κ2) is 5.16. The molecule has 20 heavy (non-hydrogen) atoms. The molecule has 0 aliphatic heterocycles. The average molecular weight is 269 g/mol. The van der Waals surface area contributed by atoms with E-state index in [0.29, 0.717) is 18.1 Å². The van der Waals surface area contributed by atoms with Gasteiger partial charge in [0.15, 0.2) is 0 Å². The fourth-order valence-corrected chi connectivity index (χ4v) is 2.04. The lowest BCUT2D eigenvalue weighted by atomic mass is 10.1. The van der Waals surface area contributed by atoms with E-state index in [4.69, 9.17) is 10.3 Å². The van der Waals surface area contributed by atoms with E-state index in [1.807, 2.05) is 35.9 Å². The zero-order valence-electron chi connectivity index (χ0n) is 11.2. The third kappa shape index (κ3) is 2.40. The van der Waals surface area contributed by atoms with Crippen molar-refractivity contribution in [2.24, 2.45) is 7.05 Å². The van der Waals surface area contributed by atoms with Gasteiger partial charge in [0.1, 0.15) is 5.69 Å². The van der Waals surface area contributed by atoms with Gasteiger partial charge in [-0.25, -0.2) is 4.98 Å². The van der Waals surface area contributed by atoms with Crippen LogP contribution in [-0.4, -0.2) is 19.7 Å². The SMILES string of the molecule is Cn1cncc1-c1noc(CCc2ccccc2N)n1. The smallest absolute Gasteiger partial charge is 0.227 e. The zero-order chi connectivity index (χ0) is 13.9. The number of rotatable bonds is 4. The number of para-hydroxylation sites is 1. The van der Waals surface area contributed by atoms with Crippen LogP contribution in [0.1, 0.15) is 11.5 Å². The normalized spacial score (nSPS) is 10.8. The van der Waals surface area contributed by atoms with Crippen LogP contribution in [0, 0.1) is 0 Å². The maximum Gasteiger partial charge on any atom is 0.227 e. The summed E-state index contributed by atoms with van der Waals surface area (Å²) in [5.74, 6) is 1.16. The van der Waals surface area contributed by atoms with Crippen molar-refractivity contribution in [2.75, 3.05) is 5.73 Å². The molecule has 0 atom stereocenters. The molecule has 0 saturated carbocycles. The number of nitrogen functional groups attached to an aromatic ring is 1. The molecule has 0 unspecified atom stereocenters. The van der Waals surface area contributed by atoms with Crippen molar-refractivity contribution in [1.82, 2.24) is 19.7 Å². The highest BCUT2D eigenvalue weighted by Crippen LogP contribution is 2.16. The van der Waals surface area contributed by atoms with E-state index < -0.39 is 0 Å². The van der Waals surface area contributed by atoms with Gasteiger partial charge < -0.3 is 14.8 Å². The standard InChI is InChI=1S/C14H15N5O/c1-19-9-16-8-12(19)14-17-13(20-18-14)7-6-10-4-2-3-5-11(10)15/h2-5,8-9H,6-7,15H2,1H3. The summed E-state index contributed by atoms with van der Waals surface area (Å²) in [6.07, 6.45) is 4.86. The summed E-state index contributed by atoms with van der Waals surface area (Å²) in [6.45, 7) is 0. The minimum Gasteiger partial charge on any atom is -0.399 e. The Kier molecular flexibility index (Phi) is 3.20. The molecule has 102 valence electrons. The van der Waals surface area contributed by atoms with Crippen molar-refractivity contribution in [3.8, 4) is 11.5 Å². The fraction of sp³-hybridized carbons (Fsp3) is 0.214. The molecule has 0 saturated heterocycles. The molecule has 2 N–H and O–H groups in total. The molecule has 0 aliphatic carbocycles. The van der Waals surface area contributed by atoms with Gasteiger partial charge in [-0.15, -0.1) is 0 Å². The van der Waals surface area contributed by atoms with E-state index in [1.165, 1.54) is 0 Å². The van der Waals surface area contributed by atoms with Gasteiger partial charge in [-0.2, -0.15) is 4.98 Å². The van der Waals surface area contributed by atoms with Crippen LogP contribution in [0.2, 0.25) is 0 Å². The van der Waals surface area contributed by atoms with Crippen molar-refractivity contribution in [3.05, 3.63) is 48.2 Å². The Labute approximate surface area is 116 Å². The van der Waals surface area contributed by atoms with Gasteiger partial charge in [-0.3, -0.25) is 0 Å². The summed E-state index contributed by atoms with van der Waals surface area (Å²) in [4.78, 5) is 8.42. The van der Waals surface area contributed by atoms with Crippen molar-refractivity contribution in [2.45, 2.75) is 12.8 Å². The molecule has 0 aliphatic rings. The Balaban J connectivity index is 1.72. The molecule has 3 aromatic rings. The van der Waals surface area contributed by atoms with Crippen LogP contribution >= 0.6 is 0 Å². The quantitative estimate of drug-likeness (QED) is 0.731. The van der Waals surface area contributed by atoms with E-state index >= 15 is 0 Å². The highest BCUT2D eigenvalue weighted by molar-refractivity contribution is 5.48. The maximum absolute atomic E-state index is 5.91. The van der Waals surface area contributed by atoms with Gasteiger partial charge in [-0.05, 0) is 18.1 Å². The fourth-order valence-electron chi connectivity index (χ4n) is 2.04. The molecule has 0 fully saturated rings. The van der Waals surface area contributed by atoms with Gasteiger partial charge in [0.2, 0.25) is 11.7 Å². The second-order valence-electron chi connectivity index (χ2n) is 4.60. The number of aryl methyl sites for hydroxylation is 3. The first kappa shape index (κ1) is 12.4. The molecular formula is C14H15N5O. The predicted molar refractivity (Wildman–Crippen MR) is 74.8 cm³/mol. The van der Waals surface area contributed by atoms with Crippen molar-refractivity contribution >= 4 is 5.69 Å². The van der Waals surface area contributed by atoms with E-state index in [0.717, 1.165) is 23.4 Å². The summed E-state index contributed by atoms with van der Waals surface area (Å²) < 4.78 is 7.11. The molecule has 0 spiro atoms. The lowest BCUT2D eigenvalue weighted by Gasteiger charge is -2.02.